The van der Waals surface area contributed by atoms with Crippen molar-refractivity contribution in [2.45, 2.75) is 32.9 Å². The monoisotopic (exact) mass is 254 g/mol. The van der Waals surface area contributed by atoms with Crippen LogP contribution < -0.4 is 5.32 Å². The maximum Gasteiger partial charge on any atom is 0.317 e. The number of carbonyl (C=O) groups is 1. The molecule has 0 aliphatic heterocycles. The van der Waals surface area contributed by atoms with Crippen LogP contribution in [0.25, 0.3) is 0 Å². The zero-order valence-electron chi connectivity index (χ0n) is 10.7. The van der Waals surface area contributed by atoms with Crippen molar-refractivity contribution in [3.63, 3.8) is 0 Å². The van der Waals surface area contributed by atoms with Crippen LogP contribution in [0.4, 0.5) is 4.79 Å². The van der Waals surface area contributed by atoms with Gasteiger partial charge in [0.1, 0.15) is 0 Å². The zero-order valence-corrected chi connectivity index (χ0v) is 11.5. The Balaban J connectivity index is 2.57. The maximum atomic E-state index is 11.8. The molecule has 2 amide bonds. The lowest BCUT2D eigenvalue weighted by atomic mass is 10.1. The van der Waals surface area contributed by atoms with E-state index in [-0.39, 0.29) is 11.6 Å². The molecule has 1 rings (SSSR count). The van der Waals surface area contributed by atoms with Crippen molar-refractivity contribution < 1.29 is 4.79 Å². The predicted molar refractivity (Wildman–Crippen MR) is 71.2 cm³/mol. The second kappa shape index (κ2) is 5.41. The largest absolute Gasteiger partial charge is 0.333 e. The van der Waals surface area contributed by atoms with Gasteiger partial charge in [0.15, 0.2) is 0 Å². The van der Waals surface area contributed by atoms with E-state index < -0.39 is 0 Å². The smallest absolute Gasteiger partial charge is 0.317 e. The predicted octanol–water partition coefficient (Wildman–Crippen LogP) is 3.28. The van der Waals surface area contributed by atoms with Crippen LogP contribution in [-0.2, 0) is 6.54 Å². The summed E-state index contributed by atoms with van der Waals surface area (Å²) < 4.78 is 0. The molecule has 0 bridgehead atoms. The molecule has 1 aromatic carbocycles. The summed E-state index contributed by atoms with van der Waals surface area (Å²) in [5.41, 5.74) is 0.840. The average Bonchev–Trinajstić information content (AvgIpc) is 2.19. The Morgan fingerprint density at radius 1 is 1.29 bits per heavy atom. The van der Waals surface area contributed by atoms with Gasteiger partial charge in [-0.3, -0.25) is 0 Å². The summed E-state index contributed by atoms with van der Waals surface area (Å²) in [6.45, 7) is 6.45. The molecular formula is C13H19ClN2O. The van der Waals surface area contributed by atoms with Gasteiger partial charge in [-0.2, -0.15) is 0 Å². The number of amides is 2. The number of benzene rings is 1. The standard InChI is InChI=1S/C13H19ClN2O/c1-13(2,3)15-12(17)16(4)9-10-5-7-11(14)8-6-10/h5-8H,9H2,1-4H3,(H,15,17). The van der Waals surface area contributed by atoms with Crippen molar-refractivity contribution in [2.75, 3.05) is 7.05 Å². The SMILES string of the molecule is CN(Cc1ccc(Cl)cc1)C(=O)NC(C)(C)C. The van der Waals surface area contributed by atoms with E-state index in [0.29, 0.717) is 11.6 Å². The second-order valence-electron chi connectivity index (χ2n) is 5.16. The molecule has 0 heterocycles. The Bertz CT molecular complexity index is 381. The Morgan fingerprint density at radius 3 is 2.29 bits per heavy atom. The quantitative estimate of drug-likeness (QED) is 0.863. The van der Waals surface area contributed by atoms with Crippen molar-refractivity contribution >= 4 is 17.6 Å². The van der Waals surface area contributed by atoms with E-state index in [1.54, 1.807) is 11.9 Å². The number of urea groups is 1. The molecule has 0 atom stereocenters. The van der Waals surface area contributed by atoms with Gasteiger partial charge in [0.25, 0.3) is 0 Å². The van der Waals surface area contributed by atoms with Gasteiger partial charge in [0.05, 0.1) is 0 Å². The minimum absolute atomic E-state index is 0.0764. The van der Waals surface area contributed by atoms with E-state index in [2.05, 4.69) is 5.32 Å². The van der Waals surface area contributed by atoms with E-state index in [9.17, 15) is 4.79 Å². The third-order valence-corrected chi connectivity index (χ3v) is 2.41. The summed E-state index contributed by atoms with van der Waals surface area (Å²) in [5, 5.41) is 3.62. The average molecular weight is 255 g/mol. The molecule has 0 aliphatic carbocycles. The van der Waals surface area contributed by atoms with Crippen LogP contribution in [0.5, 0.6) is 0 Å². The number of nitrogens with one attached hydrogen (secondary N) is 1. The first-order valence-corrected chi connectivity index (χ1v) is 5.93. The first kappa shape index (κ1) is 13.8. The fourth-order valence-electron chi connectivity index (χ4n) is 1.35. The highest BCUT2D eigenvalue weighted by molar-refractivity contribution is 6.30. The molecule has 0 unspecified atom stereocenters. The number of nitrogens with zero attached hydrogens (tertiary/aromatic N) is 1. The molecule has 17 heavy (non-hydrogen) atoms. The molecule has 4 heteroatoms. The van der Waals surface area contributed by atoms with Gasteiger partial charge in [-0.1, -0.05) is 23.7 Å². The number of hydrogen-bond acceptors (Lipinski definition) is 1. The minimum atomic E-state index is -0.217. The van der Waals surface area contributed by atoms with E-state index in [4.69, 9.17) is 11.6 Å². The highest BCUT2D eigenvalue weighted by Gasteiger charge is 2.16. The number of hydrogen-bond donors (Lipinski definition) is 1. The summed E-state index contributed by atoms with van der Waals surface area (Å²) in [4.78, 5) is 13.5. The molecule has 1 aromatic rings. The summed E-state index contributed by atoms with van der Waals surface area (Å²) >= 11 is 5.80. The van der Waals surface area contributed by atoms with Crippen LogP contribution in [0.15, 0.2) is 24.3 Å². The van der Waals surface area contributed by atoms with Crippen LogP contribution in [0.2, 0.25) is 5.02 Å². The lowest BCUT2D eigenvalue weighted by Gasteiger charge is -2.25. The normalized spacial score (nSPS) is 11.1. The second-order valence-corrected chi connectivity index (χ2v) is 5.60. The summed E-state index contributed by atoms with van der Waals surface area (Å²) in [6, 6.07) is 7.41. The van der Waals surface area contributed by atoms with Gasteiger partial charge in [-0.05, 0) is 38.5 Å². The van der Waals surface area contributed by atoms with E-state index in [1.165, 1.54) is 0 Å². The molecule has 0 radical (unpaired) electrons. The molecule has 0 saturated heterocycles. The first-order valence-electron chi connectivity index (χ1n) is 5.56. The number of carbonyl (C=O) groups excluding carboxylic acids is 1. The summed E-state index contributed by atoms with van der Waals surface area (Å²) in [6.07, 6.45) is 0. The lowest BCUT2D eigenvalue weighted by Crippen LogP contribution is -2.46. The number of rotatable bonds is 2. The Labute approximate surface area is 108 Å². The number of halogens is 1. The van der Waals surface area contributed by atoms with Crippen molar-refractivity contribution in [3.8, 4) is 0 Å². The summed E-state index contributed by atoms with van der Waals surface area (Å²) in [5.74, 6) is 0. The van der Waals surface area contributed by atoms with E-state index in [0.717, 1.165) is 5.56 Å². The topological polar surface area (TPSA) is 32.3 Å². The van der Waals surface area contributed by atoms with Gasteiger partial charge in [-0.25, -0.2) is 4.79 Å². The highest BCUT2D eigenvalue weighted by Crippen LogP contribution is 2.11. The van der Waals surface area contributed by atoms with Gasteiger partial charge in [0.2, 0.25) is 0 Å². The Hall–Kier alpha value is -1.22. The molecule has 3 nitrogen and oxygen atoms in total. The molecule has 0 fully saturated rings. The van der Waals surface area contributed by atoms with Crippen LogP contribution in [0, 0.1) is 0 Å². The molecular weight excluding hydrogens is 236 g/mol. The van der Waals surface area contributed by atoms with Gasteiger partial charge in [-0.15, -0.1) is 0 Å². The maximum absolute atomic E-state index is 11.8. The van der Waals surface area contributed by atoms with Gasteiger partial charge < -0.3 is 10.2 Å². The van der Waals surface area contributed by atoms with Crippen molar-refractivity contribution in [1.82, 2.24) is 10.2 Å². The molecule has 1 N–H and O–H groups in total. The van der Waals surface area contributed by atoms with Crippen LogP contribution in [-0.4, -0.2) is 23.5 Å². The zero-order chi connectivity index (χ0) is 13.1. The van der Waals surface area contributed by atoms with Gasteiger partial charge in [0, 0.05) is 24.2 Å². The van der Waals surface area contributed by atoms with E-state index >= 15 is 0 Å². The minimum Gasteiger partial charge on any atom is -0.333 e. The molecule has 0 spiro atoms. The van der Waals surface area contributed by atoms with Crippen molar-refractivity contribution in [3.05, 3.63) is 34.9 Å². The molecule has 0 saturated carbocycles. The van der Waals surface area contributed by atoms with E-state index in [1.807, 2.05) is 45.0 Å². The van der Waals surface area contributed by atoms with Crippen LogP contribution in [0.1, 0.15) is 26.3 Å². The lowest BCUT2D eigenvalue weighted by molar-refractivity contribution is 0.197. The fourth-order valence-corrected chi connectivity index (χ4v) is 1.48. The molecule has 0 aliphatic rings. The van der Waals surface area contributed by atoms with Crippen molar-refractivity contribution in [2.24, 2.45) is 0 Å². The fraction of sp³-hybridized carbons (Fsp3) is 0.462. The Morgan fingerprint density at radius 2 is 1.82 bits per heavy atom. The third-order valence-electron chi connectivity index (χ3n) is 2.16. The molecule has 0 aromatic heterocycles. The highest BCUT2D eigenvalue weighted by atomic mass is 35.5. The third kappa shape index (κ3) is 5.09. The summed E-state index contributed by atoms with van der Waals surface area (Å²) in [7, 11) is 1.77. The van der Waals surface area contributed by atoms with Crippen molar-refractivity contribution in [1.29, 1.82) is 0 Å². The van der Waals surface area contributed by atoms with Crippen LogP contribution in [0.3, 0.4) is 0 Å². The molecule has 94 valence electrons. The van der Waals surface area contributed by atoms with Gasteiger partial charge >= 0.3 is 6.03 Å². The Kier molecular flexibility index (Phi) is 4.40. The first-order chi connectivity index (χ1) is 7.78. The van der Waals surface area contributed by atoms with Crippen LogP contribution >= 0.6 is 11.6 Å².